The molecular formula is C11H8Cl3N3O2S. The van der Waals surface area contributed by atoms with Gasteiger partial charge in [0.1, 0.15) is 10.8 Å². The van der Waals surface area contributed by atoms with Crippen LogP contribution in [-0.4, -0.2) is 27.0 Å². The first-order chi connectivity index (χ1) is 9.40. The van der Waals surface area contributed by atoms with Crippen molar-refractivity contribution in [2.75, 3.05) is 12.4 Å². The van der Waals surface area contributed by atoms with Crippen molar-refractivity contribution in [3.8, 4) is 16.3 Å². The van der Waals surface area contributed by atoms with Gasteiger partial charge < -0.3 is 4.74 Å². The van der Waals surface area contributed by atoms with Crippen LogP contribution < -0.4 is 10.1 Å². The Morgan fingerprint density at radius 1 is 1.25 bits per heavy atom. The van der Waals surface area contributed by atoms with Gasteiger partial charge in [-0.3, -0.25) is 10.1 Å². The van der Waals surface area contributed by atoms with Gasteiger partial charge in [0.05, 0.1) is 7.11 Å². The summed E-state index contributed by atoms with van der Waals surface area (Å²) in [6.45, 7) is 0. The van der Waals surface area contributed by atoms with Gasteiger partial charge in [0.2, 0.25) is 5.13 Å². The normalized spacial score (nSPS) is 11.2. The second-order valence-electron chi connectivity index (χ2n) is 3.59. The number of anilines is 1. The first-order valence-electron chi connectivity index (χ1n) is 5.26. The number of hydrogen-bond donors (Lipinski definition) is 1. The fourth-order valence-electron chi connectivity index (χ4n) is 1.29. The van der Waals surface area contributed by atoms with Gasteiger partial charge in [-0.2, -0.15) is 0 Å². The second-order valence-corrected chi connectivity index (χ2v) is 6.85. The molecule has 0 atom stereocenters. The van der Waals surface area contributed by atoms with Gasteiger partial charge >= 0.3 is 0 Å². The van der Waals surface area contributed by atoms with E-state index in [-0.39, 0.29) is 5.13 Å². The number of aromatic nitrogens is 2. The van der Waals surface area contributed by atoms with Gasteiger partial charge in [-0.1, -0.05) is 46.1 Å². The average Bonchev–Trinajstić information content (AvgIpc) is 2.86. The second kappa shape index (κ2) is 6.13. The van der Waals surface area contributed by atoms with E-state index in [0.29, 0.717) is 5.01 Å². The Labute approximate surface area is 133 Å². The Balaban J connectivity index is 2.14. The number of nitrogens with one attached hydrogen (secondary N) is 1. The number of ether oxygens (including phenoxy) is 1. The molecule has 0 spiro atoms. The summed E-state index contributed by atoms with van der Waals surface area (Å²) in [5.74, 6) is -0.0390. The van der Waals surface area contributed by atoms with Crippen molar-refractivity contribution in [1.29, 1.82) is 0 Å². The van der Waals surface area contributed by atoms with E-state index in [4.69, 9.17) is 39.5 Å². The van der Waals surface area contributed by atoms with Gasteiger partial charge in [0, 0.05) is 5.56 Å². The molecule has 2 rings (SSSR count). The van der Waals surface area contributed by atoms with E-state index < -0.39 is 9.70 Å². The van der Waals surface area contributed by atoms with E-state index in [1.54, 1.807) is 19.2 Å². The SMILES string of the molecule is COc1ccc(-c2nnc(NC(=O)C(Cl)(Cl)Cl)s2)cc1. The van der Waals surface area contributed by atoms with E-state index in [2.05, 4.69) is 15.5 Å². The molecular weight excluding hydrogens is 345 g/mol. The topological polar surface area (TPSA) is 64.1 Å². The summed E-state index contributed by atoms with van der Waals surface area (Å²) < 4.78 is 3.03. The molecule has 0 aliphatic heterocycles. The molecule has 1 aromatic heterocycles. The van der Waals surface area contributed by atoms with E-state index in [9.17, 15) is 4.79 Å². The van der Waals surface area contributed by atoms with Gasteiger partial charge in [-0.15, -0.1) is 10.2 Å². The van der Waals surface area contributed by atoms with Gasteiger partial charge in [0.25, 0.3) is 9.70 Å². The zero-order valence-electron chi connectivity index (χ0n) is 10.1. The Bertz CT molecular complexity index is 610. The van der Waals surface area contributed by atoms with E-state index in [0.717, 1.165) is 11.3 Å². The standard InChI is InChI=1S/C11H8Cl3N3O2S/c1-19-7-4-2-6(3-5-7)8-16-17-10(20-8)15-9(18)11(12,13)14/h2-5H,1H3,(H,15,17,18). The minimum Gasteiger partial charge on any atom is -0.497 e. The number of amides is 1. The molecule has 106 valence electrons. The predicted molar refractivity (Wildman–Crippen MR) is 80.8 cm³/mol. The molecule has 1 heterocycles. The maximum atomic E-state index is 11.5. The molecule has 1 N–H and O–H groups in total. The highest BCUT2D eigenvalue weighted by molar-refractivity contribution is 7.18. The van der Waals surface area contributed by atoms with Crippen LogP contribution in [0.4, 0.5) is 5.13 Å². The number of carbonyl (C=O) groups is 1. The van der Waals surface area contributed by atoms with Crippen LogP contribution in [0.1, 0.15) is 0 Å². The summed E-state index contributed by atoms with van der Waals surface area (Å²) in [4.78, 5) is 11.5. The number of hydrogen-bond acceptors (Lipinski definition) is 5. The highest BCUT2D eigenvalue weighted by Gasteiger charge is 2.31. The maximum Gasteiger partial charge on any atom is 0.278 e. The van der Waals surface area contributed by atoms with E-state index in [1.807, 2.05) is 12.1 Å². The van der Waals surface area contributed by atoms with Crippen molar-refractivity contribution in [2.45, 2.75) is 3.79 Å². The summed E-state index contributed by atoms with van der Waals surface area (Å²) in [5, 5.41) is 11.0. The molecule has 2 aromatic rings. The van der Waals surface area contributed by atoms with Crippen LogP contribution >= 0.6 is 46.1 Å². The Hall–Kier alpha value is -1.08. The fraction of sp³-hybridized carbons (Fsp3) is 0.182. The largest absolute Gasteiger partial charge is 0.497 e. The molecule has 0 fully saturated rings. The molecule has 20 heavy (non-hydrogen) atoms. The Kier molecular flexibility index (Phi) is 4.70. The quantitative estimate of drug-likeness (QED) is 0.858. The first kappa shape index (κ1) is 15.3. The lowest BCUT2D eigenvalue weighted by Crippen LogP contribution is -2.26. The van der Waals surface area contributed by atoms with Crippen molar-refractivity contribution < 1.29 is 9.53 Å². The summed E-state index contributed by atoms with van der Waals surface area (Å²) in [7, 11) is 1.59. The molecule has 0 aliphatic rings. The molecule has 0 saturated carbocycles. The van der Waals surface area contributed by atoms with Crippen molar-refractivity contribution in [3.05, 3.63) is 24.3 Å². The lowest BCUT2D eigenvalue weighted by Gasteiger charge is -2.08. The average molecular weight is 353 g/mol. The number of alkyl halides is 3. The van der Waals surface area contributed by atoms with Crippen LogP contribution in [0, 0.1) is 0 Å². The van der Waals surface area contributed by atoms with Gasteiger partial charge in [-0.05, 0) is 24.3 Å². The zero-order chi connectivity index (χ0) is 14.8. The molecule has 0 radical (unpaired) electrons. The first-order valence-corrected chi connectivity index (χ1v) is 7.21. The van der Waals surface area contributed by atoms with Crippen LogP contribution in [-0.2, 0) is 4.79 Å². The van der Waals surface area contributed by atoms with Crippen LogP contribution in [0.25, 0.3) is 10.6 Å². The number of methoxy groups -OCH3 is 1. The van der Waals surface area contributed by atoms with Crippen LogP contribution in [0.15, 0.2) is 24.3 Å². The van der Waals surface area contributed by atoms with Crippen molar-refractivity contribution in [1.82, 2.24) is 10.2 Å². The van der Waals surface area contributed by atoms with Crippen molar-refractivity contribution in [2.24, 2.45) is 0 Å². The van der Waals surface area contributed by atoms with Crippen molar-refractivity contribution >= 4 is 57.2 Å². The summed E-state index contributed by atoms with van der Waals surface area (Å²) in [6.07, 6.45) is 0. The molecule has 9 heteroatoms. The van der Waals surface area contributed by atoms with E-state index >= 15 is 0 Å². The Morgan fingerprint density at radius 2 is 1.90 bits per heavy atom. The molecule has 0 saturated heterocycles. The lowest BCUT2D eigenvalue weighted by atomic mass is 10.2. The monoisotopic (exact) mass is 351 g/mol. The highest BCUT2D eigenvalue weighted by atomic mass is 35.6. The third kappa shape index (κ3) is 3.73. The lowest BCUT2D eigenvalue weighted by molar-refractivity contribution is -0.115. The molecule has 1 aromatic carbocycles. The third-order valence-electron chi connectivity index (χ3n) is 2.24. The fourth-order valence-corrected chi connectivity index (χ4v) is 2.18. The maximum absolute atomic E-state index is 11.5. The molecule has 1 amide bonds. The summed E-state index contributed by atoms with van der Waals surface area (Å²) in [6, 6.07) is 7.27. The minimum absolute atomic E-state index is 0.257. The van der Waals surface area contributed by atoms with E-state index in [1.165, 1.54) is 11.3 Å². The molecule has 0 aliphatic carbocycles. The van der Waals surface area contributed by atoms with Gasteiger partial charge in [0.15, 0.2) is 0 Å². The zero-order valence-corrected chi connectivity index (χ0v) is 13.1. The predicted octanol–water partition coefficient (Wildman–Crippen LogP) is 3.52. The smallest absolute Gasteiger partial charge is 0.278 e. The van der Waals surface area contributed by atoms with Crippen LogP contribution in [0.3, 0.4) is 0 Å². The minimum atomic E-state index is -2.04. The number of rotatable bonds is 3. The number of nitrogens with zero attached hydrogens (tertiary/aromatic N) is 2. The number of halogens is 3. The molecule has 0 unspecified atom stereocenters. The summed E-state index contributed by atoms with van der Waals surface area (Å²) >= 11 is 17.5. The van der Waals surface area contributed by atoms with Gasteiger partial charge in [-0.25, -0.2) is 0 Å². The van der Waals surface area contributed by atoms with Crippen LogP contribution in [0.5, 0.6) is 5.75 Å². The Morgan fingerprint density at radius 3 is 2.45 bits per heavy atom. The number of carbonyl (C=O) groups excluding carboxylic acids is 1. The summed E-state index contributed by atoms with van der Waals surface area (Å²) in [5.41, 5.74) is 0.845. The number of benzene rings is 1. The highest BCUT2D eigenvalue weighted by Crippen LogP contribution is 2.31. The molecule has 0 bridgehead atoms. The van der Waals surface area contributed by atoms with Crippen molar-refractivity contribution in [3.63, 3.8) is 0 Å². The van der Waals surface area contributed by atoms with Crippen LogP contribution in [0.2, 0.25) is 0 Å². The molecule has 5 nitrogen and oxygen atoms in total. The third-order valence-corrected chi connectivity index (χ3v) is 3.64.